The number of nitrogens with one attached hydrogen (secondary N) is 1. The first-order chi connectivity index (χ1) is 5.70. The third kappa shape index (κ3) is 6.37. The third-order valence-electron chi connectivity index (χ3n) is 1.63. The van der Waals surface area contributed by atoms with Gasteiger partial charge in [-0.1, -0.05) is 26.0 Å². The second kappa shape index (κ2) is 7.31. The van der Waals surface area contributed by atoms with E-state index in [0.29, 0.717) is 6.04 Å². The molecule has 0 saturated carbocycles. The molecule has 2 heteroatoms. The maximum Gasteiger partial charge on any atom is 0.0724 e. The highest BCUT2D eigenvalue weighted by Crippen LogP contribution is 2.00. The van der Waals surface area contributed by atoms with E-state index in [1.165, 1.54) is 18.3 Å². The standard InChI is InChI=1S/C10H20NSi/c1-5-7-12(8-6-2)9-11-10(3)4/h5-6,10-11H,1-2,7-9H2,3-4H3. The highest BCUT2D eigenvalue weighted by molar-refractivity contribution is 6.60. The Labute approximate surface area is 78.2 Å². The van der Waals surface area contributed by atoms with Gasteiger partial charge >= 0.3 is 0 Å². The van der Waals surface area contributed by atoms with Crippen LogP contribution in [0.4, 0.5) is 0 Å². The smallest absolute Gasteiger partial charge is 0.0724 e. The average Bonchev–Trinajstić information content (AvgIpc) is 2.01. The monoisotopic (exact) mass is 182 g/mol. The zero-order valence-electron chi connectivity index (χ0n) is 8.27. The number of allylic oxidation sites excluding steroid dienone is 2. The Morgan fingerprint density at radius 1 is 1.25 bits per heavy atom. The van der Waals surface area contributed by atoms with E-state index in [9.17, 15) is 0 Å². The lowest BCUT2D eigenvalue weighted by Crippen LogP contribution is -2.34. The van der Waals surface area contributed by atoms with Crippen molar-refractivity contribution in [3.8, 4) is 0 Å². The maximum atomic E-state index is 3.77. The summed E-state index contributed by atoms with van der Waals surface area (Å²) in [6.07, 6.45) is 5.22. The molecular weight excluding hydrogens is 162 g/mol. The van der Waals surface area contributed by atoms with Crippen molar-refractivity contribution in [3.63, 3.8) is 0 Å². The second-order valence-electron chi connectivity index (χ2n) is 3.27. The minimum absolute atomic E-state index is 0.289. The molecule has 0 aromatic carbocycles. The van der Waals surface area contributed by atoms with Gasteiger partial charge < -0.3 is 5.32 Å². The summed E-state index contributed by atoms with van der Waals surface area (Å²) in [5, 5.41) is 3.46. The molecule has 0 aliphatic heterocycles. The Balaban J connectivity index is 3.61. The van der Waals surface area contributed by atoms with Crippen molar-refractivity contribution in [3.05, 3.63) is 25.3 Å². The molecule has 12 heavy (non-hydrogen) atoms. The van der Waals surface area contributed by atoms with E-state index in [4.69, 9.17) is 0 Å². The molecule has 0 aromatic rings. The molecule has 1 N–H and O–H groups in total. The predicted octanol–water partition coefficient (Wildman–Crippen LogP) is 2.39. The molecule has 0 bridgehead atoms. The first kappa shape index (κ1) is 11.7. The predicted molar refractivity (Wildman–Crippen MR) is 58.9 cm³/mol. The summed E-state index contributed by atoms with van der Waals surface area (Å²) in [7, 11) is -0.289. The van der Waals surface area contributed by atoms with Gasteiger partial charge in [0.05, 0.1) is 8.80 Å². The van der Waals surface area contributed by atoms with Crippen LogP contribution in [0.5, 0.6) is 0 Å². The zero-order chi connectivity index (χ0) is 9.40. The topological polar surface area (TPSA) is 12.0 Å². The molecule has 1 radical (unpaired) electrons. The van der Waals surface area contributed by atoms with Gasteiger partial charge in [0.2, 0.25) is 0 Å². The van der Waals surface area contributed by atoms with Gasteiger partial charge in [-0.15, -0.1) is 13.2 Å². The van der Waals surface area contributed by atoms with Crippen molar-refractivity contribution in [2.45, 2.75) is 32.0 Å². The fourth-order valence-electron chi connectivity index (χ4n) is 0.984. The summed E-state index contributed by atoms with van der Waals surface area (Å²) in [4.78, 5) is 0. The van der Waals surface area contributed by atoms with Gasteiger partial charge in [-0.2, -0.15) is 0 Å². The fourth-order valence-corrected chi connectivity index (χ4v) is 2.95. The summed E-state index contributed by atoms with van der Waals surface area (Å²) in [5.41, 5.74) is 0. The van der Waals surface area contributed by atoms with Crippen LogP contribution >= 0.6 is 0 Å². The van der Waals surface area contributed by atoms with E-state index in [-0.39, 0.29) is 8.80 Å². The van der Waals surface area contributed by atoms with Crippen LogP contribution in [0.15, 0.2) is 25.3 Å². The average molecular weight is 182 g/mol. The molecule has 1 nitrogen and oxygen atoms in total. The lowest BCUT2D eigenvalue weighted by Gasteiger charge is -2.14. The van der Waals surface area contributed by atoms with E-state index < -0.39 is 0 Å². The molecule has 0 aliphatic carbocycles. The van der Waals surface area contributed by atoms with Crippen LogP contribution in [0.2, 0.25) is 12.1 Å². The number of hydrogen-bond donors (Lipinski definition) is 1. The molecule has 0 saturated heterocycles. The van der Waals surface area contributed by atoms with Crippen LogP contribution in [0.1, 0.15) is 13.8 Å². The van der Waals surface area contributed by atoms with Gasteiger partial charge in [-0.25, -0.2) is 0 Å². The molecule has 0 rings (SSSR count). The van der Waals surface area contributed by atoms with E-state index in [1.807, 2.05) is 12.2 Å². The molecule has 69 valence electrons. The van der Waals surface area contributed by atoms with Crippen LogP contribution in [-0.2, 0) is 0 Å². The Kier molecular flexibility index (Phi) is 7.10. The largest absolute Gasteiger partial charge is 0.317 e. The van der Waals surface area contributed by atoms with Gasteiger partial charge in [-0.3, -0.25) is 0 Å². The molecule has 0 atom stereocenters. The summed E-state index contributed by atoms with van der Waals surface area (Å²) < 4.78 is 0. The zero-order valence-corrected chi connectivity index (χ0v) is 9.27. The molecule has 0 fully saturated rings. The highest BCUT2D eigenvalue weighted by Gasteiger charge is 2.06. The van der Waals surface area contributed by atoms with Gasteiger partial charge in [-0.05, 0) is 18.3 Å². The van der Waals surface area contributed by atoms with Crippen LogP contribution in [0.3, 0.4) is 0 Å². The maximum absolute atomic E-state index is 3.77. The first-order valence-corrected chi connectivity index (χ1v) is 6.61. The SMILES string of the molecule is C=CC[Si](CC=C)CNC(C)C. The van der Waals surface area contributed by atoms with Crippen LogP contribution in [0, 0.1) is 0 Å². The lowest BCUT2D eigenvalue weighted by molar-refractivity contribution is 0.645. The lowest BCUT2D eigenvalue weighted by atomic mass is 10.4. The van der Waals surface area contributed by atoms with Gasteiger partial charge in [0, 0.05) is 6.04 Å². The Hall–Kier alpha value is -0.343. The van der Waals surface area contributed by atoms with E-state index >= 15 is 0 Å². The molecule has 0 heterocycles. The van der Waals surface area contributed by atoms with Gasteiger partial charge in [0.25, 0.3) is 0 Å². The summed E-state index contributed by atoms with van der Waals surface area (Å²) in [6, 6.07) is 2.95. The van der Waals surface area contributed by atoms with E-state index in [2.05, 4.69) is 32.3 Å². The van der Waals surface area contributed by atoms with Crippen molar-refractivity contribution in [1.82, 2.24) is 5.32 Å². The Morgan fingerprint density at radius 2 is 1.75 bits per heavy atom. The van der Waals surface area contributed by atoms with Crippen molar-refractivity contribution < 1.29 is 0 Å². The number of rotatable bonds is 7. The van der Waals surface area contributed by atoms with E-state index in [1.54, 1.807) is 0 Å². The normalized spacial score (nSPS) is 10.7. The quantitative estimate of drug-likeness (QED) is 0.471. The fraction of sp³-hybridized carbons (Fsp3) is 0.600. The molecular formula is C10H20NSi. The van der Waals surface area contributed by atoms with Gasteiger partial charge in [0.15, 0.2) is 0 Å². The molecule has 0 aromatic heterocycles. The van der Waals surface area contributed by atoms with Crippen LogP contribution < -0.4 is 5.32 Å². The van der Waals surface area contributed by atoms with E-state index in [0.717, 1.165) is 0 Å². The molecule has 0 aliphatic rings. The van der Waals surface area contributed by atoms with Crippen LogP contribution in [-0.4, -0.2) is 21.0 Å². The summed E-state index contributed by atoms with van der Waals surface area (Å²) in [6.45, 7) is 11.9. The molecule has 0 amide bonds. The Morgan fingerprint density at radius 3 is 2.08 bits per heavy atom. The third-order valence-corrected chi connectivity index (χ3v) is 4.06. The van der Waals surface area contributed by atoms with Crippen molar-refractivity contribution in [2.75, 3.05) is 6.17 Å². The van der Waals surface area contributed by atoms with Crippen molar-refractivity contribution in [2.24, 2.45) is 0 Å². The van der Waals surface area contributed by atoms with Gasteiger partial charge in [0.1, 0.15) is 0 Å². The molecule has 0 unspecified atom stereocenters. The second-order valence-corrected chi connectivity index (χ2v) is 5.94. The van der Waals surface area contributed by atoms with Crippen molar-refractivity contribution in [1.29, 1.82) is 0 Å². The minimum atomic E-state index is -0.289. The minimum Gasteiger partial charge on any atom is -0.317 e. The highest BCUT2D eigenvalue weighted by atomic mass is 28.3. The van der Waals surface area contributed by atoms with Crippen molar-refractivity contribution >= 4 is 8.80 Å². The molecule has 0 spiro atoms. The van der Waals surface area contributed by atoms with Crippen LogP contribution in [0.25, 0.3) is 0 Å². The summed E-state index contributed by atoms with van der Waals surface area (Å²) >= 11 is 0. The Bertz CT molecular complexity index is 122. The first-order valence-electron chi connectivity index (χ1n) is 4.49. The summed E-state index contributed by atoms with van der Waals surface area (Å²) in [5.74, 6) is 0. The number of hydrogen-bond acceptors (Lipinski definition) is 1.